The van der Waals surface area contributed by atoms with Crippen LogP contribution in [0.4, 0.5) is 0 Å². The van der Waals surface area contributed by atoms with E-state index in [1.165, 1.54) is 0 Å². The molecule has 0 saturated carbocycles. The van der Waals surface area contributed by atoms with Gasteiger partial charge in [-0.1, -0.05) is 35.3 Å². The van der Waals surface area contributed by atoms with Crippen molar-refractivity contribution < 1.29 is 9.84 Å². The van der Waals surface area contributed by atoms with Gasteiger partial charge in [-0.25, -0.2) is 0 Å². The zero-order chi connectivity index (χ0) is 14.5. The largest absolute Gasteiger partial charge is 0.457 e. The molecule has 0 amide bonds. The average Bonchev–Trinajstić information content (AvgIpc) is 2.37. The Labute approximate surface area is 127 Å². The Morgan fingerprint density at radius 1 is 1.05 bits per heavy atom. The molecular formula is C15H15Cl2NO2. The summed E-state index contributed by atoms with van der Waals surface area (Å²) in [5, 5.41) is 10.0. The SMILES string of the molecule is NC(CO)Cc1cccc(Oc2cc(Cl)cc(Cl)c2)c1. The molecule has 5 heteroatoms. The van der Waals surface area contributed by atoms with Crippen LogP contribution >= 0.6 is 23.2 Å². The standard InChI is InChI=1S/C15H15Cl2NO2/c16-11-6-12(17)8-15(7-11)20-14-3-1-2-10(5-14)4-13(18)9-19/h1-3,5-8,13,19H,4,9,18H2. The maximum absolute atomic E-state index is 8.98. The van der Waals surface area contributed by atoms with Crippen molar-refractivity contribution in [1.29, 1.82) is 0 Å². The number of nitrogens with two attached hydrogens (primary N) is 1. The number of aliphatic hydroxyl groups is 1. The van der Waals surface area contributed by atoms with E-state index in [1.54, 1.807) is 18.2 Å². The van der Waals surface area contributed by atoms with Crippen LogP contribution in [0, 0.1) is 0 Å². The summed E-state index contributed by atoms with van der Waals surface area (Å²) in [6.07, 6.45) is 0.587. The molecule has 20 heavy (non-hydrogen) atoms. The van der Waals surface area contributed by atoms with Gasteiger partial charge in [-0.3, -0.25) is 0 Å². The molecule has 0 spiro atoms. The van der Waals surface area contributed by atoms with Crippen molar-refractivity contribution in [2.24, 2.45) is 5.73 Å². The predicted octanol–water partition coefficient (Wildman–Crippen LogP) is 3.65. The fraction of sp³-hybridized carbons (Fsp3) is 0.200. The van der Waals surface area contributed by atoms with E-state index in [0.717, 1.165) is 5.56 Å². The summed E-state index contributed by atoms with van der Waals surface area (Å²) in [7, 11) is 0. The van der Waals surface area contributed by atoms with Gasteiger partial charge in [-0.15, -0.1) is 0 Å². The summed E-state index contributed by atoms with van der Waals surface area (Å²) in [6, 6.07) is 12.3. The molecule has 0 aliphatic carbocycles. The third kappa shape index (κ3) is 4.39. The van der Waals surface area contributed by atoms with Crippen LogP contribution in [0.15, 0.2) is 42.5 Å². The minimum atomic E-state index is -0.272. The van der Waals surface area contributed by atoms with Gasteiger partial charge >= 0.3 is 0 Å². The molecule has 0 aromatic heterocycles. The number of hydrogen-bond donors (Lipinski definition) is 2. The quantitative estimate of drug-likeness (QED) is 0.886. The number of hydrogen-bond acceptors (Lipinski definition) is 3. The number of rotatable bonds is 5. The first kappa shape index (κ1) is 15.1. The number of halogens is 2. The van der Waals surface area contributed by atoms with Crippen molar-refractivity contribution in [3.8, 4) is 11.5 Å². The topological polar surface area (TPSA) is 55.5 Å². The van der Waals surface area contributed by atoms with E-state index in [4.69, 9.17) is 38.8 Å². The van der Waals surface area contributed by atoms with E-state index < -0.39 is 0 Å². The van der Waals surface area contributed by atoms with Crippen LogP contribution in [0.5, 0.6) is 11.5 Å². The molecule has 0 aliphatic rings. The summed E-state index contributed by atoms with van der Waals surface area (Å²) in [5.41, 5.74) is 6.72. The van der Waals surface area contributed by atoms with E-state index in [2.05, 4.69) is 0 Å². The molecule has 2 aromatic carbocycles. The minimum Gasteiger partial charge on any atom is -0.457 e. The molecule has 0 saturated heterocycles. The molecular weight excluding hydrogens is 297 g/mol. The molecule has 0 aliphatic heterocycles. The lowest BCUT2D eigenvalue weighted by atomic mass is 10.1. The summed E-state index contributed by atoms with van der Waals surface area (Å²) in [4.78, 5) is 0. The van der Waals surface area contributed by atoms with Crippen molar-refractivity contribution in [1.82, 2.24) is 0 Å². The zero-order valence-corrected chi connectivity index (χ0v) is 12.2. The summed E-state index contributed by atoms with van der Waals surface area (Å²) in [6.45, 7) is -0.0466. The highest BCUT2D eigenvalue weighted by Crippen LogP contribution is 2.28. The Kier molecular flexibility index (Phi) is 5.26. The first-order valence-corrected chi connectivity index (χ1v) is 6.92. The third-order valence-electron chi connectivity index (χ3n) is 2.70. The second kappa shape index (κ2) is 6.95. The zero-order valence-electron chi connectivity index (χ0n) is 10.7. The summed E-state index contributed by atoms with van der Waals surface area (Å²) in [5.74, 6) is 1.25. The van der Waals surface area contributed by atoms with Gasteiger partial charge in [-0.2, -0.15) is 0 Å². The fourth-order valence-electron chi connectivity index (χ4n) is 1.83. The third-order valence-corrected chi connectivity index (χ3v) is 3.14. The van der Waals surface area contributed by atoms with Gasteiger partial charge in [0, 0.05) is 16.1 Å². The Morgan fingerprint density at radius 3 is 2.40 bits per heavy atom. The molecule has 106 valence electrons. The number of benzene rings is 2. The van der Waals surface area contributed by atoms with Crippen LogP contribution in [0.25, 0.3) is 0 Å². The number of aliphatic hydroxyl groups excluding tert-OH is 1. The molecule has 1 atom stereocenters. The van der Waals surface area contributed by atoms with Gasteiger partial charge in [0.05, 0.1) is 6.61 Å². The second-order valence-corrected chi connectivity index (χ2v) is 5.37. The van der Waals surface area contributed by atoms with Gasteiger partial charge in [0.1, 0.15) is 11.5 Å². The lowest BCUT2D eigenvalue weighted by Crippen LogP contribution is -2.26. The summed E-state index contributed by atoms with van der Waals surface area (Å²) >= 11 is 11.9. The number of ether oxygens (including phenoxy) is 1. The van der Waals surface area contributed by atoms with E-state index >= 15 is 0 Å². The minimum absolute atomic E-state index is 0.0466. The Hall–Kier alpha value is -1.26. The Morgan fingerprint density at radius 2 is 1.75 bits per heavy atom. The Bertz CT molecular complexity index is 570. The van der Waals surface area contributed by atoms with Crippen LogP contribution in [-0.4, -0.2) is 17.8 Å². The molecule has 0 bridgehead atoms. The van der Waals surface area contributed by atoms with Crippen molar-refractivity contribution in [2.75, 3.05) is 6.61 Å². The molecule has 1 unspecified atom stereocenters. The average molecular weight is 312 g/mol. The monoisotopic (exact) mass is 311 g/mol. The van der Waals surface area contributed by atoms with E-state index in [1.807, 2.05) is 24.3 Å². The fourth-order valence-corrected chi connectivity index (χ4v) is 2.33. The maximum atomic E-state index is 8.98. The first-order valence-electron chi connectivity index (χ1n) is 6.16. The molecule has 3 nitrogen and oxygen atoms in total. The molecule has 0 fully saturated rings. The van der Waals surface area contributed by atoms with Crippen LogP contribution in [0.2, 0.25) is 10.0 Å². The Balaban J connectivity index is 2.15. The molecule has 2 aromatic rings. The van der Waals surface area contributed by atoms with Gasteiger partial charge in [0.15, 0.2) is 0 Å². The highest BCUT2D eigenvalue weighted by Gasteiger charge is 2.05. The van der Waals surface area contributed by atoms with Crippen LogP contribution < -0.4 is 10.5 Å². The smallest absolute Gasteiger partial charge is 0.130 e. The van der Waals surface area contributed by atoms with Crippen LogP contribution in [-0.2, 0) is 6.42 Å². The van der Waals surface area contributed by atoms with Crippen molar-refractivity contribution >= 4 is 23.2 Å². The lowest BCUT2D eigenvalue weighted by Gasteiger charge is -2.11. The van der Waals surface area contributed by atoms with Crippen LogP contribution in [0.1, 0.15) is 5.56 Å². The molecule has 0 radical (unpaired) electrons. The second-order valence-electron chi connectivity index (χ2n) is 4.50. The molecule has 3 N–H and O–H groups in total. The van der Waals surface area contributed by atoms with Crippen molar-refractivity contribution in [2.45, 2.75) is 12.5 Å². The molecule has 2 rings (SSSR count). The van der Waals surface area contributed by atoms with Crippen molar-refractivity contribution in [3.05, 3.63) is 58.1 Å². The highest BCUT2D eigenvalue weighted by molar-refractivity contribution is 6.34. The van der Waals surface area contributed by atoms with Crippen LogP contribution in [0.3, 0.4) is 0 Å². The van der Waals surface area contributed by atoms with E-state index in [9.17, 15) is 0 Å². The van der Waals surface area contributed by atoms with Gasteiger partial charge < -0.3 is 15.6 Å². The highest BCUT2D eigenvalue weighted by atomic mass is 35.5. The van der Waals surface area contributed by atoms with Gasteiger partial charge in [0.25, 0.3) is 0 Å². The van der Waals surface area contributed by atoms with E-state index in [-0.39, 0.29) is 12.6 Å². The summed E-state index contributed by atoms with van der Waals surface area (Å²) < 4.78 is 5.72. The first-order chi connectivity index (χ1) is 9.56. The maximum Gasteiger partial charge on any atom is 0.130 e. The van der Waals surface area contributed by atoms with Gasteiger partial charge in [0.2, 0.25) is 0 Å². The predicted molar refractivity (Wildman–Crippen MR) is 81.7 cm³/mol. The van der Waals surface area contributed by atoms with Crippen molar-refractivity contribution in [3.63, 3.8) is 0 Å². The molecule has 0 heterocycles. The normalized spacial score (nSPS) is 12.2. The lowest BCUT2D eigenvalue weighted by molar-refractivity contribution is 0.265. The van der Waals surface area contributed by atoms with E-state index in [0.29, 0.717) is 28.0 Å². The van der Waals surface area contributed by atoms with Gasteiger partial charge in [-0.05, 0) is 42.3 Å².